The van der Waals surface area contributed by atoms with E-state index in [1.807, 2.05) is 18.4 Å². The van der Waals surface area contributed by atoms with E-state index in [9.17, 15) is 4.39 Å². The zero-order valence-electron chi connectivity index (χ0n) is 9.43. The third kappa shape index (κ3) is 2.49. The first-order valence-corrected chi connectivity index (χ1v) is 6.83. The van der Waals surface area contributed by atoms with Crippen molar-refractivity contribution in [1.29, 1.82) is 0 Å². The van der Waals surface area contributed by atoms with Crippen molar-refractivity contribution in [2.75, 3.05) is 0 Å². The van der Waals surface area contributed by atoms with Gasteiger partial charge in [-0.25, -0.2) is 4.39 Å². The van der Waals surface area contributed by atoms with E-state index < -0.39 is 0 Å². The van der Waals surface area contributed by atoms with E-state index in [1.165, 1.54) is 6.07 Å². The van der Waals surface area contributed by atoms with Crippen molar-refractivity contribution in [3.05, 3.63) is 56.0 Å². The molecular weight excluding hydrogens is 278 g/mol. The molecular formula is C13H11Cl2FS. The SMILES string of the molecule is Cc1cc(C(Cl)c2sccc2C)c(Cl)cc1F. The van der Waals surface area contributed by atoms with Crippen LogP contribution in [-0.2, 0) is 0 Å². The minimum atomic E-state index is -0.318. The lowest BCUT2D eigenvalue weighted by atomic mass is 10.1. The molecule has 0 nitrogen and oxygen atoms in total. The van der Waals surface area contributed by atoms with E-state index in [4.69, 9.17) is 23.2 Å². The normalized spacial score (nSPS) is 12.8. The van der Waals surface area contributed by atoms with Gasteiger partial charge in [0.2, 0.25) is 0 Å². The first-order chi connectivity index (χ1) is 8.00. The van der Waals surface area contributed by atoms with E-state index in [1.54, 1.807) is 24.3 Å². The highest BCUT2D eigenvalue weighted by Gasteiger charge is 2.18. The molecule has 1 atom stereocenters. The molecule has 0 aliphatic heterocycles. The molecule has 0 saturated heterocycles. The quantitative estimate of drug-likeness (QED) is 0.642. The second-order valence-electron chi connectivity index (χ2n) is 3.95. The van der Waals surface area contributed by atoms with Gasteiger partial charge in [-0.3, -0.25) is 0 Å². The zero-order valence-corrected chi connectivity index (χ0v) is 11.8. The largest absolute Gasteiger partial charge is 0.207 e. The van der Waals surface area contributed by atoms with Crippen LogP contribution in [0.5, 0.6) is 0 Å². The van der Waals surface area contributed by atoms with Gasteiger partial charge in [-0.05, 0) is 54.1 Å². The third-order valence-corrected chi connectivity index (χ3v) is 4.68. The van der Waals surface area contributed by atoms with Crippen LogP contribution < -0.4 is 0 Å². The van der Waals surface area contributed by atoms with Crippen LogP contribution in [-0.4, -0.2) is 0 Å². The molecule has 1 heterocycles. The van der Waals surface area contributed by atoms with Crippen molar-refractivity contribution in [2.45, 2.75) is 19.2 Å². The van der Waals surface area contributed by atoms with Crippen molar-refractivity contribution in [3.63, 3.8) is 0 Å². The first kappa shape index (κ1) is 12.9. The summed E-state index contributed by atoms with van der Waals surface area (Å²) in [5.74, 6) is -0.300. The highest BCUT2D eigenvalue weighted by atomic mass is 35.5. The van der Waals surface area contributed by atoms with E-state index in [0.29, 0.717) is 10.6 Å². The molecule has 1 aromatic carbocycles. The number of halogens is 3. The zero-order chi connectivity index (χ0) is 12.6. The Bertz CT molecular complexity index is 548. The van der Waals surface area contributed by atoms with Gasteiger partial charge in [-0.1, -0.05) is 11.6 Å². The maximum absolute atomic E-state index is 13.3. The van der Waals surface area contributed by atoms with Crippen LogP contribution >= 0.6 is 34.5 Å². The van der Waals surface area contributed by atoms with E-state index in [2.05, 4.69) is 0 Å². The number of thiophene rings is 1. The smallest absolute Gasteiger partial charge is 0.127 e. The monoisotopic (exact) mass is 288 g/mol. The fourth-order valence-electron chi connectivity index (χ4n) is 1.66. The number of benzene rings is 1. The van der Waals surface area contributed by atoms with Crippen molar-refractivity contribution >= 4 is 34.5 Å². The Hall–Kier alpha value is -0.570. The summed E-state index contributed by atoms with van der Waals surface area (Å²) < 4.78 is 13.3. The topological polar surface area (TPSA) is 0 Å². The van der Waals surface area contributed by atoms with Gasteiger partial charge in [0.05, 0.1) is 5.38 Å². The molecule has 2 aromatic rings. The number of aryl methyl sites for hydroxylation is 2. The summed E-state index contributed by atoms with van der Waals surface area (Å²) in [6, 6.07) is 5.05. The molecule has 0 amide bonds. The molecule has 0 bridgehead atoms. The van der Waals surface area contributed by atoms with Crippen molar-refractivity contribution in [1.82, 2.24) is 0 Å². The maximum Gasteiger partial charge on any atom is 0.127 e. The number of rotatable bonds is 2. The minimum Gasteiger partial charge on any atom is -0.207 e. The number of hydrogen-bond acceptors (Lipinski definition) is 1. The molecule has 0 fully saturated rings. The van der Waals surface area contributed by atoms with Crippen LogP contribution in [0.3, 0.4) is 0 Å². The lowest BCUT2D eigenvalue weighted by molar-refractivity contribution is 0.618. The van der Waals surface area contributed by atoms with Gasteiger partial charge in [0, 0.05) is 9.90 Å². The Morgan fingerprint density at radius 3 is 2.53 bits per heavy atom. The summed E-state index contributed by atoms with van der Waals surface area (Å²) in [7, 11) is 0. The molecule has 90 valence electrons. The van der Waals surface area contributed by atoms with Gasteiger partial charge in [-0.2, -0.15) is 0 Å². The Morgan fingerprint density at radius 1 is 1.24 bits per heavy atom. The van der Waals surface area contributed by atoms with Crippen molar-refractivity contribution in [3.8, 4) is 0 Å². The fourth-order valence-corrected chi connectivity index (χ4v) is 3.40. The van der Waals surface area contributed by atoms with Crippen LogP contribution in [0, 0.1) is 19.7 Å². The predicted molar refractivity (Wildman–Crippen MR) is 72.9 cm³/mol. The molecule has 1 unspecified atom stereocenters. The second-order valence-corrected chi connectivity index (χ2v) is 5.74. The highest BCUT2D eigenvalue weighted by Crippen LogP contribution is 2.38. The molecule has 0 saturated carbocycles. The average molecular weight is 289 g/mol. The minimum absolute atomic E-state index is 0.300. The molecule has 4 heteroatoms. The van der Waals surface area contributed by atoms with Crippen LogP contribution in [0.15, 0.2) is 23.6 Å². The van der Waals surface area contributed by atoms with E-state index in [0.717, 1.165) is 16.0 Å². The summed E-state index contributed by atoms with van der Waals surface area (Å²) >= 11 is 14.0. The van der Waals surface area contributed by atoms with E-state index >= 15 is 0 Å². The summed E-state index contributed by atoms with van der Waals surface area (Å²) in [6.07, 6.45) is 0. The standard InChI is InChI=1S/C13H11Cl2FS/c1-7-3-4-17-13(7)12(15)9-5-8(2)11(16)6-10(9)14/h3-6,12H,1-2H3. The molecule has 0 aliphatic rings. The van der Waals surface area contributed by atoms with Gasteiger partial charge in [0.1, 0.15) is 5.82 Å². The van der Waals surface area contributed by atoms with Crippen LogP contribution in [0.25, 0.3) is 0 Å². The summed E-state index contributed by atoms with van der Waals surface area (Å²) in [5, 5.41) is 2.05. The van der Waals surface area contributed by atoms with Crippen molar-refractivity contribution in [2.24, 2.45) is 0 Å². The maximum atomic E-state index is 13.3. The summed E-state index contributed by atoms with van der Waals surface area (Å²) in [4.78, 5) is 1.06. The fraction of sp³-hybridized carbons (Fsp3) is 0.231. The third-order valence-electron chi connectivity index (χ3n) is 2.68. The molecule has 0 spiro atoms. The van der Waals surface area contributed by atoms with E-state index in [-0.39, 0.29) is 11.2 Å². The molecule has 0 aliphatic carbocycles. The Morgan fingerprint density at radius 2 is 1.94 bits per heavy atom. The lowest BCUT2D eigenvalue weighted by Gasteiger charge is -2.12. The van der Waals surface area contributed by atoms with Crippen molar-refractivity contribution < 1.29 is 4.39 Å². The Labute approximate surface area is 114 Å². The highest BCUT2D eigenvalue weighted by molar-refractivity contribution is 7.10. The molecule has 17 heavy (non-hydrogen) atoms. The number of alkyl halides is 1. The van der Waals surface area contributed by atoms with Gasteiger partial charge in [0.15, 0.2) is 0 Å². The molecule has 0 radical (unpaired) electrons. The Balaban J connectivity index is 2.48. The van der Waals surface area contributed by atoms with Crippen LogP contribution in [0.1, 0.15) is 26.9 Å². The van der Waals surface area contributed by atoms with Gasteiger partial charge >= 0.3 is 0 Å². The predicted octanol–water partition coefficient (Wildman–Crippen LogP) is 5.49. The van der Waals surface area contributed by atoms with Crippen LogP contribution in [0.4, 0.5) is 4.39 Å². The Kier molecular flexibility index (Phi) is 3.76. The molecule has 2 rings (SSSR count). The lowest BCUT2D eigenvalue weighted by Crippen LogP contribution is -1.96. The average Bonchev–Trinajstić information content (AvgIpc) is 2.69. The summed E-state index contributed by atoms with van der Waals surface area (Å²) in [5.41, 5.74) is 2.45. The molecule has 0 N–H and O–H groups in total. The number of hydrogen-bond donors (Lipinski definition) is 0. The summed E-state index contributed by atoms with van der Waals surface area (Å²) in [6.45, 7) is 3.71. The van der Waals surface area contributed by atoms with Gasteiger partial charge in [-0.15, -0.1) is 22.9 Å². The van der Waals surface area contributed by atoms with Gasteiger partial charge < -0.3 is 0 Å². The first-order valence-electron chi connectivity index (χ1n) is 5.14. The van der Waals surface area contributed by atoms with Gasteiger partial charge in [0.25, 0.3) is 0 Å². The van der Waals surface area contributed by atoms with Crippen LogP contribution in [0.2, 0.25) is 5.02 Å². The molecule has 1 aromatic heterocycles. The second kappa shape index (κ2) is 4.97.